The molecule has 0 amide bonds. The van der Waals surface area contributed by atoms with Gasteiger partial charge < -0.3 is 23.0 Å². The molecule has 1 heterocycles. The first-order valence-electron chi connectivity index (χ1n) is 12.2. The number of nitrogens with zero attached hydrogens (tertiary/aromatic N) is 4. The largest absolute Gasteiger partial charge is 1.00 e. The number of benzene rings is 1. The van der Waals surface area contributed by atoms with E-state index in [2.05, 4.69) is 78.4 Å². The molecule has 2 N–H and O–H groups in total. The van der Waals surface area contributed by atoms with E-state index in [1.54, 1.807) is 11.2 Å². The van der Waals surface area contributed by atoms with Crippen LogP contribution in [0.3, 0.4) is 0 Å². The van der Waals surface area contributed by atoms with Gasteiger partial charge >= 0.3 is 51.4 Å². The number of hydrazone groups is 1. The maximum Gasteiger partial charge on any atom is 1.00 e. The normalized spacial score (nSPS) is 13.8. The Morgan fingerprint density at radius 3 is 2.22 bits per heavy atom. The molecule has 0 saturated carbocycles. The van der Waals surface area contributed by atoms with Crippen molar-refractivity contribution in [2.75, 3.05) is 45.7 Å². The van der Waals surface area contributed by atoms with E-state index in [-0.39, 0.29) is 64.6 Å². The zero-order valence-electron chi connectivity index (χ0n) is 25.0. The number of anilines is 1. The zero-order valence-corrected chi connectivity index (χ0v) is 28.1. The summed E-state index contributed by atoms with van der Waals surface area (Å²) >= 11 is 0. The Hall–Kier alpha value is -1.40. The summed E-state index contributed by atoms with van der Waals surface area (Å²) in [6.45, 7) is 14.2. The summed E-state index contributed by atoms with van der Waals surface area (Å²) in [5.41, 5.74) is 7.03. The Morgan fingerprint density at radius 1 is 1.22 bits per heavy atom. The second-order valence-corrected chi connectivity index (χ2v) is 9.86. The van der Waals surface area contributed by atoms with Crippen LogP contribution >= 0.6 is 0 Å². The first-order valence-corrected chi connectivity index (χ1v) is 12.2. The van der Waals surface area contributed by atoms with E-state index in [0.717, 1.165) is 24.6 Å². The maximum atomic E-state index is 13.0. The number of terminal acetylenes is 1. The third-order valence-electron chi connectivity index (χ3n) is 5.69. The molecule has 202 valence electrons. The van der Waals surface area contributed by atoms with Gasteiger partial charge in [-0.25, -0.2) is 0 Å². The van der Waals surface area contributed by atoms with Crippen LogP contribution in [-0.4, -0.2) is 62.7 Å². The number of hydrogen-bond acceptors (Lipinski definition) is 6. The Labute approximate surface area is 270 Å². The van der Waals surface area contributed by atoms with Gasteiger partial charge in [0.1, 0.15) is 5.70 Å². The van der Waals surface area contributed by atoms with Gasteiger partial charge in [-0.2, -0.15) is 5.10 Å². The van der Waals surface area contributed by atoms with Gasteiger partial charge in [0.15, 0.2) is 5.78 Å². The first kappa shape index (κ1) is 40.1. The zero-order chi connectivity index (χ0) is 27.0. The van der Waals surface area contributed by atoms with Crippen molar-refractivity contribution >= 4 is 23.8 Å². The maximum absolute atomic E-state index is 13.0. The first-order chi connectivity index (χ1) is 16.5. The molecule has 0 unspecified atom stereocenters. The van der Waals surface area contributed by atoms with Crippen LogP contribution in [0.1, 0.15) is 52.5 Å². The molecule has 0 aliphatic carbocycles. The molecule has 1 saturated heterocycles. The number of carbonyl (C=O) groups is 1. The molecule has 2 rings (SSSR count). The Kier molecular flexibility index (Phi) is 23.3. The minimum Gasteiger partial charge on any atom is -0.405 e. The van der Waals surface area contributed by atoms with Crippen LogP contribution in [0.15, 0.2) is 47.8 Å². The van der Waals surface area contributed by atoms with Gasteiger partial charge in [0.05, 0.1) is 0 Å². The molecular weight excluding hydrogens is 485 g/mol. The van der Waals surface area contributed by atoms with E-state index in [0.29, 0.717) is 5.70 Å². The Bertz CT molecular complexity index is 847. The van der Waals surface area contributed by atoms with Crippen molar-refractivity contribution in [3.63, 3.8) is 0 Å². The van der Waals surface area contributed by atoms with Gasteiger partial charge in [-0.15, -0.1) is 12.8 Å². The van der Waals surface area contributed by atoms with E-state index in [1.807, 2.05) is 40.8 Å². The number of likely N-dealkylation sites (N-methyl/N-ethyl adjacent to an activating group) is 1. The topological polar surface area (TPSA) is 65.2 Å². The molecule has 0 spiro atoms. The summed E-state index contributed by atoms with van der Waals surface area (Å²) in [6, 6.07) is 8.52. The average Bonchev–Trinajstić information content (AvgIpc) is 2.82. The number of hydrogen-bond donors (Lipinski definition) is 1. The number of ketones is 1. The SMILES string of the molecule is C#C.C/C=N\N(C)/C(=C\c1cccc(N2CCC(CCN(C)C)CC2)c1)C(=O)C(C)(C)C.C=CN.[CH3-].[K+]. The summed E-state index contributed by atoms with van der Waals surface area (Å²) < 4.78 is 0. The van der Waals surface area contributed by atoms with E-state index in [9.17, 15) is 4.79 Å². The average molecular weight is 536 g/mol. The molecule has 1 aromatic carbocycles. The molecule has 0 aromatic heterocycles. The molecule has 6 nitrogen and oxygen atoms in total. The summed E-state index contributed by atoms with van der Waals surface area (Å²) in [5.74, 6) is 0.908. The van der Waals surface area contributed by atoms with Crippen LogP contribution < -0.4 is 62.0 Å². The third kappa shape index (κ3) is 15.6. The summed E-state index contributed by atoms with van der Waals surface area (Å²) in [6.07, 6.45) is 16.7. The molecule has 7 heteroatoms. The molecule has 1 aliphatic rings. The van der Waals surface area contributed by atoms with Crippen molar-refractivity contribution in [3.05, 3.63) is 55.7 Å². The molecule has 0 radical (unpaired) electrons. The van der Waals surface area contributed by atoms with Crippen LogP contribution in [0.5, 0.6) is 0 Å². The summed E-state index contributed by atoms with van der Waals surface area (Å²) in [7, 11) is 6.13. The fraction of sp³-hybridized carbons (Fsp3) is 0.500. The molecule has 1 fully saturated rings. The van der Waals surface area contributed by atoms with Crippen LogP contribution in [0.4, 0.5) is 5.69 Å². The fourth-order valence-corrected chi connectivity index (χ4v) is 3.82. The second kappa shape index (κ2) is 21.5. The van der Waals surface area contributed by atoms with Crippen LogP contribution in [0.25, 0.3) is 6.08 Å². The molecular formula is C30H50KN5O. The molecule has 1 aromatic rings. The molecule has 0 bridgehead atoms. The quantitative estimate of drug-likeness (QED) is 0.138. The summed E-state index contributed by atoms with van der Waals surface area (Å²) in [4.78, 5) is 17.8. The standard InChI is InChI=1S/C25H40N4O.C2H5N.C2H2.CH3.K/c1-8-26-28(7)23(24(30)25(2,3)4)19-21-10-9-11-22(18-21)29-16-13-20(14-17-29)12-15-27(5)6;1-2-3;1-2;;/h8-11,18-20H,12-17H2,1-7H3;2H,1,3H2;1-2H;1H3;/q;;;-1;+1/b23-19-,26-8-;;;;. The number of carbonyl (C=O) groups excluding carboxylic acids is 1. The van der Waals surface area contributed by atoms with Gasteiger partial charge in [-0.1, -0.05) is 39.5 Å². The predicted octanol–water partition coefficient (Wildman–Crippen LogP) is 2.54. The van der Waals surface area contributed by atoms with Gasteiger partial charge in [0, 0.05) is 37.5 Å². The van der Waals surface area contributed by atoms with Gasteiger partial charge in [-0.05, 0) is 82.7 Å². The van der Waals surface area contributed by atoms with Crippen LogP contribution in [-0.2, 0) is 4.79 Å². The van der Waals surface area contributed by atoms with Crippen molar-refractivity contribution in [3.8, 4) is 12.8 Å². The van der Waals surface area contributed by atoms with E-state index in [1.165, 1.54) is 37.7 Å². The molecule has 37 heavy (non-hydrogen) atoms. The van der Waals surface area contributed by atoms with Crippen LogP contribution in [0, 0.1) is 31.6 Å². The minimum absolute atomic E-state index is 0. The smallest absolute Gasteiger partial charge is 0.405 e. The van der Waals surface area contributed by atoms with Crippen molar-refractivity contribution in [2.24, 2.45) is 22.2 Å². The number of piperidine rings is 1. The van der Waals surface area contributed by atoms with E-state index in [4.69, 9.17) is 0 Å². The van der Waals surface area contributed by atoms with Crippen LogP contribution in [0.2, 0.25) is 0 Å². The fourth-order valence-electron chi connectivity index (χ4n) is 3.82. The molecule has 1 aliphatic heterocycles. The van der Waals surface area contributed by atoms with Gasteiger partial charge in [0.2, 0.25) is 0 Å². The Balaban J connectivity index is -0.00000154. The number of Topliss-reactive ketones (excluding diaryl/α,β-unsaturated/α-hetero) is 1. The predicted molar refractivity (Wildman–Crippen MR) is 160 cm³/mol. The van der Waals surface area contributed by atoms with Crippen molar-refractivity contribution in [1.82, 2.24) is 9.91 Å². The van der Waals surface area contributed by atoms with Gasteiger partial charge in [0.25, 0.3) is 0 Å². The Morgan fingerprint density at radius 2 is 1.76 bits per heavy atom. The van der Waals surface area contributed by atoms with E-state index >= 15 is 0 Å². The van der Waals surface area contributed by atoms with Crippen molar-refractivity contribution in [1.29, 1.82) is 0 Å². The third-order valence-corrected chi connectivity index (χ3v) is 5.69. The van der Waals surface area contributed by atoms with E-state index < -0.39 is 5.41 Å². The summed E-state index contributed by atoms with van der Waals surface area (Å²) in [5, 5.41) is 5.99. The van der Waals surface area contributed by atoms with Crippen molar-refractivity contribution < 1.29 is 56.2 Å². The molecule has 0 atom stereocenters. The second-order valence-electron chi connectivity index (χ2n) is 9.86. The van der Waals surface area contributed by atoms with Gasteiger partial charge in [-0.3, -0.25) is 9.80 Å². The monoisotopic (exact) mass is 535 g/mol. The number of nitrogens with two attached hydrogens (primary N) is 1. The van der Waals surface area contributed by atoms with Crippen molar-refractivity contribution in [2.45, 2.75) is 47.0 Å². The minimum atomic E-state index is -0.463. The number of rotatable bonds is 8. The number of allylic oxidation sites excluding steroid dienone is 1.